The first kappa shape index (κ1) is 12.2. The van der Waals surface area contributed by atoms with E-state index in [-0.39, 0.29) is 16.6 Å². The molecule has 0 heterocycles. The van der Waals surface area contributed by atoms with Crippen LogP contribution in [0.15, 0.2) is 36.4 Å². The molecule has 2 nitrogen and oxygen atoms in total. The summed E-state index contributed by atoms with van der Waals surface area (Å²) in [4.78, 5) is 11.8. The Balaban J connectivity index is 2.00. The van der Waals surface area contributed by atoms with Crippen LogP contribution in [0.3, 0.4) is 0 Å². The topological polar surface area (TPSA) is 26.3 Å². The summed E-state index contributed by atoms with van der Waals surface area (Å²) in [7, 11) is 0. The lowest BCUT2D eigenvalue weighted by Crippen LogP contribution is -1.96. The number of hydrogen-bond acceptors (Lipinski definition) is 2. The van der Waals surface area contributed by atoms with Crippen LogP contribution in [0.4, 0.5) is 4.39 Å². The predicted molar refractivity (Wildman–Crippen MR) is 70.6 cm³/mol. The van der Waals surface area contributed by atoms with Gasteiger partial charge in [0.2, 0.25) is 0 Å². The first-order chi connectivity index (χ1) is 9.13. The fourth-order valence-corrected chi connectivity index (χ4v) is 2.49. The van der Waals surface area contributed by atoms with E-state index >= 15 is 0 Å². The molecule has 2 aromatic rings. The highest BCUT2D eigenvalue weighted by Gasteiger charge is 2.23. The lowest BCUT2D eigenvalue weighted by atomic mass is 10.1. The number of ether oxygens (including phenoxy) is 1. The smallest absolute Gasteiger partial charge is 0.167 e. The van der Waals surface area contributed by atoms with Crippen LogP contribution in [-0.4, -0.2) is 5.78 Å². The quantitative estimate of drug-likeness (QED) is 0.812. The zero-order chi connectivity index (χ0) is 13.4. The van der Waals surface area contributed by atoms with Crippen LogP contribution in [0.5, 0.6) is 11.5 Å². The van der Waals surface area contributed by atoms with Crippen molar-refractivity contribution in [3.8, 4) is 11.5 Å². The van der Waals surface area contributed by atoms with Crippen molar-refractivity contribution in [1.82, 2.24) is 0 Å². The molecule has 0 saturated carbocycles. The average molecular weight is 277 g/mol. The molecule has 96 valence electrons. The molecule has 0 spiro atoms. The second kappa shape index (κ2) is 4.67. The minimum atomic E-state index is -0.471. The third-order valence-electron chi connectivity index (χ3n) is 3.08. The van der Waals surface area contributed by atoms with Gasteiger partial charge in [0.25, 0.3) is 0 Å². The zero-order valence-electron chi connectivity index (χ0n) is 9.95. The second-order valence-electron chi connectivity index (χ2n) is 4.42. The molecule has 0 aromatic heterocycles. The van der Waals surface area contributed by atoms with E-state index in [0.29, 0.717) is 17.7 Å². The average Bonchev–Trinajstić information content (AvgIpc) is 2.71. The van der Waals surface area contributed by atoms with E-state index in [1.54, 1.807) is 6.07 Å². The van der Waals surface area contributed by atoms with Gasteiger partial charge in [-0.2, -0.15) is 0 Å². The van der Waals surface area contributed by atoms with Crippen LogP contribution >= 0.6 is 11.6 Å². The highest BCUT2D eigenvalue weighted by Crippen LogP contribution is 2.34. The van der Waals surface area contributed by atoms with Crippen LogP contribution in [0.25, 0.3) is 0 Å². The van der Waals surface area contributed by atoms with Crippen molar-refractivity contribution in [3.63, 3.8) is 0 Å². The number of fused-ring (bicyclic) bond motifs is 1. The second-order valence-corrected chi connectivity index (χ2v) is 4.86. The van der Waals surface area contributed by atoms with Crippen LogP contribution in [0.2, 0.25) is 5.02 Å². The summed E-state index contributed by atoms with van der Waals surface area (Å²) in [6.45, 7) is 0. The van der Waals surface area contributed by atoms with Crippen molar-refractivity contribution in [2.45, 2.75) is 12.8 Å². The summed E-state index contributed by atoms with van der Waals surface area (Å²) in [6, 6.07) is 9.41. The standard InChI is InChI=1S/C15H10ClFO2/c16-10-6-11(17)8-12(7-10)19-14-3-1-2-9-4-5-13(18)15(9)14/h1-3,6-8H,4-5H2. The van der Waals surface area contributed by atoms with Gasteiger partial charge >= 0.3 is 0 Å². The summed E-state index contributed by atoms with van der Waals surface area (Å²) in [5.74, 6) is 0.342. The van der Waals surface area contributed by atoms with Crippen molar-refractivity contribution in [1.29, 1.82) is 0 Å². The van der Waals surface area contributed by atoms with Gasteiger partial charge in [-0.3, -0.25) is 4.79 Å². The fraction of sp³-hybridized carbons (Fsp3) is 0.133. The summed E-state index contributed by atoms with van der Waals surface area (Å²) < 4.78 is 18.9. The summed E-state index contributed by atoms with van der Waals surface area (Å²) in [5.41, 5.74) is 1.58. The van der Waals surface area contributed by atoms with Crippen LogP contribution in [0, 0.1) is 5.82 Å². The maximum atomic E-state index is 13.3. The molecule has 1 aliphatic rings. The summed E-state index contributed by atoms with van der Waals surface area (Å²) >= 11 is 5.78. The van der Waals surface area contributed by atoms with Gasteiger partial charge in [0.15, 0.2) is 5.78 Å². The maximum absolute atomic E-state index is 13.3. The number of halogens is 2. The van der Waals surface area contributed by atoms with Gasteiger partial charge in [0.05, 0.1) is 5.56 Å². The van der Waals surface area contributed by atoms with Gasteiger partial charge in [-0.05, 0) is 30.2 Å². The molecule has 0 amide bonds. The highest BCUT2D eigenvalue weighted by atomic mass is 35.5. The monoisotopic (exact) mass is 276 g/mol. The Kier molecular flexibility index (Phi) is 2.99. The molecule has 1 aliphatic carbocycles. The molecule has 3 rings (SSSR count). The Bertz CT molecular complexity index is 647. The van der Waals surface area contributed by atoms with E-state index in [4.69, 9.17) is 16.3 Å². The van der Waals surface area contributed by atoms with Gasteiger partial charge in [-0.15, -0.1) is 0 Å². The molecule has 0 atom stereocenters. The minimum Gasteiger partial charge on any atom is -0.456 e. The Morgan fingerprint density at radius 3 is 2.79 bits per heavy atom. The number of ketones is 1. The van der Waals surface area contributed by atoms with E-state index in [2.05, 4.69) is 0 Å². The number of carbonyl (C=O) groups is 1. The molecule has 0 N–H and O–H groups in total. The number of rotatable bonds is 2. The predicted octanol–water partition coefficient (Wildman–Crippen LogP) is 4.40. The molecule has 0 bridgehead atoms. The molecule has 19 heavy (non-hydrogen) atoms. The Morgan fingerprint density at radius 1 is 1.16 bits per heavy atom. The fourth-order valence-electron chi connectivity index (χ4n) is 2.27. The Hall–Kier alpha value is -1.87. The van der Waals surface area contributed by atoms with E-state index in [1.165, 1.54) is 18.2 Å². The van der Waals surface area contributed by atoms with Gasteiger partial charge in [0, 0.05) is 17.5 Å². The SMILES string of the molecule is O=C1CCc2cccc(Oc3cc(F)cc(Cl)c3)c21. The van der Waals surface area contributed by atoms with Gasteiger partial charge in [0.1, 0.15) is 17.3 Å². The normalized spacial score (nSPS) is 13.5. The lowest BCUT2D eigenvalue weighted by Gasteiger charge is -2.10. The first-order valence-electron chi connectivity index (χ1n) is 5.92. The van der Waals surface area contributed by atoms with Crippen molar-refractivity contribution >= 4 is 17.4 Å². The van der Waals surface area contributed by atoms with Crippen LogP contribution < -0.4 is 4.74 Å². The number of hydrogen-bond donors (Lipinski definition) is 0. The third kappa shape index (κ3) is 2.34. The highest BCUT2D eigenvalue weighted by molar-refractivity contribution is 6.30. The Labute approximate surface area is 114 Å². The summed E-state index contributed by atoms with van der Waals surface area (Å²) in [5, 5.41) is 0.258. The molecule has 0 saturated heterocycles. The zero-order valence-corrected chi connectivity index (χ0v) is 10.7. The molecule has 0 unspecified atom stereocenters. The number of carbonyl (C=O) groups excluding carboxylic acids is 1. The van der Waals surface area contributed by atoms with E-state index in [0.717, 1.165) is 12.0 Å². The number of benzene rings is 2. The molecule has 0 aliphatic heterocycles. The van der Waals surface area contributed by atoms with Crippen molar-refractivity contribution < 1.29 is 13.9 Å². The number of aryl methyl sites for hydroxylation is 1. The van der Waals surface area contributed by atoms with E-state index < -0.39 is 5.82 Å². The van der Waals surface area contributed by atoms with Crippen LogP contribution in [-0.2, 0) is 6.42 Å². The maximum Gasteiger partial charge on any atom is 0.167 e. The van der Waals surface area contributed by atoms with Crippen molar-refractivity contribution in [2.24, 2.45) is 0 Å². The first-order valence-corrected chi connectivity index (χ1v) is 6.30. The van der Waals surface area contributed by atoms with E-state index in [9.17, 15) is 9.18 Å². The Morgan fingerprint density at radius 2 is 2.00 bits per heavy atom. The third-order valence-corrected chi connectivity index (χ3v) is 3.29. The molecule has 4 heteroatoms. The molecule has 0 radical (unpaired) electrons. The van der Waals surface area contributed by atoms with Gasteiger partial charge < -0.3 is 4.74 Å². The van der Waals surface area contributed by atoms with Crippen molar-refractivity contribution in [2.75, 3.05) is 0 Å². The molecule has 2 aromatic carbocycles. The molecular formula is C15H10ClFO2. The summed E-state index contributed by atoms with van der Waals surface area (Å²) in [6.07, 6.45) is 1.23. The van der Waals surface area contributed by atoms with Gasteiger partial charge in [-0.25, -0.2) is 4.39 Å². The largest absolute Gasteiger partial charge is 0.456 e. The van der Waals surface area contributed by atoms with Crippen LogP contribution in [0.1, 0.15) is 22.3 Å². The van der Waals surface area contributed by atoms with E-state index in [1.807, 2.05) is 12.1 Å². The molecular weight excluding hydrogens is 267 g/mol. The van der Waals surface area contributed by atoms with Crippen molar-refractivity contribution in [3.05, 3.63) is 58.4 Å². The lowest BCUT2D eigenvalue weighted by molar-refractivity contribution is 0.0992. The molecule has 0 fully saturated rings. The number of Topliss-reactive ketones (excluding diaryl/α,β-unsaturated/α-hetero) is 1. The minimum absolute atomic E-state index is 0.0631. The van der Waals surface area contributed by atoms with Gasteiger partial charge in [-0.1, -0.05) is 23.7 Å².